The lowest BCUT2D eigenvalue weighted by Crippen LogP contribution is -1.98. The summed E-state index contributed by atoms with van der Waals surface area (Å²) >= 11 is 0. The number of aromatic nitrogens is 2. The first-order valence-electron chi connectivity index (χ1n) is 4.62. The molecule has 0 atom stereocenters. The molecule has 0 saturated carbocycles. The number of nitrogens with two attached hydrogens (primary N) is 1. The van der Waals surface area contributed by atoms with Crippen LogP contribution in [0.15, 0.2) is 24.3 Å². The lowest BCUT2D eigenvalue weighted by molar-refractivity contribution is 0.584. The summed E-state index contributed by atoms with van der Waals surface area (Å²) in [4.78, 5) is 7.98. The van der Waals surface area contributed by atoms with E-state index in [-0.39, 0.29) is 17.2 Å². The first-order valence-corrected chi connectivity index (χ1v) is 4.62. The molecule has 0 spiro atoms. The predicted octanol–water partition coefficient (Wildman–Crippen LogP) is 2.31. The van der Waals surface area contributed by atoms with Gasteiger partial charge < -0.3 is 5.73 Å². The van der Waals surface area contributed by atoms with Crippen molar-refractivity contribution in [1.29, 1.82) is 0 Å². The maximum atomic E-state index is 13.0. The summed E-state index contributed by atoms with van der Waals surface area (Å²) in [5.74, 6) is -0.847. The van der Waals surface area contributed by atoms with Crippen LogP contribution in [0.1, 0.15) is 5.69 Å². The number of nitrogen functional groups attached to an aromatic ring is 1. The van der Waals surface area contributed by atoms with Crippen molar-refractivity contribution in [3.63, 3.8) is 0 Å². The van der Waals surface area contributed by atoms with E-state index in [2.05, 4.69) is 9.97 Å². The highest BCUT2D eigenvalue weighted by atomic mass is 19.1. The summed E-state index contributed by atoms with van der Waals surface area (Å²) in [6.07, 6.45) is 0. The maximum Gasteiger partial charge on any atom is 0.161 e. The average molecular weight is 221 g/mol. The quantitative estimate of drug-likeness (QED) is 0.803. The van der Waals surface area contributed by atoms with E-state index in [9.17, 15) is 8.78 Å². The third-order valence-corrected chi connectivity index (χ3v) is 1.99. The van der Waals surface area contributed by atoms with Gasteiger partial charge in [-0.05, 0) is 19.1 Å². The van der Waals surface area contributed by atoms with Crippen molar-refractivity contribution in [3.05, 3.63) is 41.6 Å². The molecule has 0 aliphatic heterocycles. The van der Waals surface area contributed by atoms with Gasteiger partial charge >= 0.3 is 0 Å². The third kappa shape index (κ3) is 2.13. The highest BCUT2D eigenvalue weighted by molar-refractivity contribution is 5.57. The minimum absolute atomic E-state index is 0.218. The van der Waals surface area contributed by atoms with Crippen molar-refractivity contribution >= 4 is 5.82 Å². The molecule has 2 aromatic rings. The van der Waals surface area contributed by atoms with Crippen molar-refractivity contribution < 1.29 is 8.78 Å². The Morgan fingerprint density at radius 3 is 2.19 bits per heavy atom. The largest absolute Gasteiger partial charge is 0.384 e. The zero-order valence-corrected chi connectivity index (χ0v) is 8.54. The van der Waals surface area contributed by atoms with Crippen LogP contribution in [0.25, 0.3) is 11.4 Å². The molecule has 3 nitrogen and oxygen atoms in total. The van der Waals surface area contributed by atoms with Gasteiger partial charge in [0.05, 0.1) is 0 Å². The molecule has 0 fully saturated rings. The Balaban J connectivity index is 2.57. The van der Waals surface area contributed by atoms with Crippen LogP contribution in [0.4, 0.5) is 14.6 Å². The number of rotatable bonds is 1. The number of hydrogen-bond donors (Lipinski definition) is 1. The standard InChI is InChI=1S/C11H9F2N3/c1-6-2-10(14)16-11(15-6)7-3-8(12)5-9(13)4-7/h2-5H,1H3,(H2,14,15,16). The van der Waals surface area contributed by atoms with E-state index in [1.807, 2.05) is 0 Å². The molecule has 0 aliphatic rings. The van der Waals surface area contributed by atoms with Crippen LogP contribution in [0, 0.1) is 18.6 Å². The van der Waals surface area contributed by atoms with E-state index < -0.39 is 11.6 Å². The van der Waals surface area contributed by atoms with Crippen molar-refractivity contribution in [2.24, 2.45) is 0 Å². The second-order valence-corrected chi connectivity index (χ2v) is 3.42. The van der Waals surface area contributed by atoms with E-state index in [0.29, 0.717) is 5.69 Å². The zero-order chi connectivity index (χ0) is 11.7. The molecular weight excluding hydrogens is 212 g/mol. The van der Waals surface area contributed by atoms with Crippen LogP contribution in [-0.4, -0.2) is 9.97 Å². The number of anilines is 1. The van der Waals surface area contributed by atoms with Gasteiger partial charge in [-0.2, -0.15) is 0 Å². The highest BCUT2D eigenvalue weighted by Gasteiger charge is 2.07. The summed E-state index contributed by atoms with van der Waals surface area (Å²) in [5.41, 5.74) is 6.45. The fourth-order valence-corrected chi connectivity index (χ4v) is 1.40. The molecule has 0 saturated heterocycles. The number of benzene rings is 1. The minimum Gasteiger partial charge on any atom is -0.384 e. The van der Waals surface area contributed by atoms with Crippen LogP contribution < -0.4 is 5.73 Å². The Bertz CT molecular complexity index is 451. The van der Waals surface area contributed by atoms with Gasteiger partial charge in [0, 0.05) is 23.4 Å². The summed E-state index contributed by atoms with van der Waals surface area (Å²) in [6, 6.07) is 4.70. The van der Waals surface area contributed by atoms with Crippen molar-refractivity contribution in [2.75, 3.05) is 5.73 Å². The fourth-order valence-electron chi connectivity index (χ4n) is 1.40. The Kier molecular flexibility index (Phi) is 2.52. The van der Waals surface area contributed by atoms with E-state index >= 15 is 0 Å². The van der Waals surface area contributed by atoms with Gasteiger partial charge in [-0.15, -0.1) is 0 Å². The molecule has 1 aromatic heterocycles. The van der Waals surface area contributed by atoms with Crippen LogP contribution in [0.3, 0.4) is 0 Å². The highest BCUT2D eigenvalue weighted by Crippen LogP contribution is 2.19. The molecule has 2 rings (SSSR count). The monoisotopic (exact) mass is 221 g/mol. The van der Waals surface area contributed by atoms with Crippen molar-refractivity contribution in [2.45, 2.75) is 6.92 Å². The number of aryl methyl sites for hydroxylation is 1. The molecule has 0 aliphatic carbocycles. The molecule has 5 heteroatoms. The summed E-state index contributed by atoms with van der Waals surface area (Å²) in [5, 5.41) is 0. The normalized spacial score (nSPS) is 10.4. The van der Waals surface area contributed by atoms with Gasteiger partial charge in [0.2, 0.25) is 0 Å². The molecule has 1 aromatic carbocycles. The smallest absolute Gasteiger partial charge is 0.161 e. The van der Waals surface area contributed by atoms with Gasteiger partial charge in [-0.25, -0.2) is 18.7 Å². The van der Waals surface area contributed by atoms with Gasteiger partial charge in [0.15, 0.2) is 5.82 Å². The van der Waals surface area contributed by atoms with Crippen LogP contribution in [-0.2, 0) is 0 Å². The van der Waals surface area contributed by atoms with Gasteiger partial charge in [0.1, 0.15) is 17.5 Å². The molecular formula is C11H9F2N3. The van der Waals surface area contributed by atoms with E-state index in [1.165, 1.54) is 0 Å². The molecule has 2 N–H and O–H groups in total. The molecule has 82 valence electrons. The SMILES string of the molecule is Cc1cc(N)nc(-c2cc(F)cc(F)c2)n1. The second-order valence-electron chi connectivity index (χ2n) is 3.42. The third-order valence-electron chi connectivity index (χ3n) is 1.99. The predicted molar refractivity (Wildman–Crippen MR) is 56.5 cm³/mol. The first-order chi connectivity index (χ1) is 7.54. The fraction of sp³-hybridized carbons (Fsp3) is 0.0909. The first kappa shape index (κ1) is 10.5. The van der Waals surface area contributed by atoms with Gasteiger partial charge in [-0.3, -0.25) is 0 Å². The van der Waals surface area contributed by atoms with Crippen LogP contribution in [0.2, 0.25) is 0 Å². The number of nitrogens with zero attached hydrogens (tertiary/aromatic N) is 2. The lowest BCUT2D eigenvalue weighted by Gasteiger charge is -2.03. The minimum atomic E-state index is -0.668. The average Bonchev–Trinajstić information content (AvgIpc) is 2.14. The Labute approximate surface area is 91.0 Å². The topological polar surface area (TPSA) is 51.8 Å². The lowest BCUT2D eigenvalue weighted by atomic mass is 10.2. The maximum absolute atomic E-state index is 13.0. The van der Waals surface area contributed by atoms with E-state index in [0.717, 1.165) is 18.2 Å². The molecule has 0 amide bonds. The van der Waals surface area contributed by atoms with E-state index in [1.54, 1.807) is 13.0 Å². The second kappa shape index (κ2) is 3.84. The van der Waals surface area contributed by atoms with Gasteiger partial charge in [0.25, 0.3) is 0 Å². The van der Waals surface area contributed by atoms with Crippen molar-refractivity contribution in [3.8, 4) is 11.4 Å². The Morgan fingerprint density at radius 1 is 1.00 bits per heavy atom. The van der Waals surface area contributed by atoms with Crippen LogP contribution >= 0.6 is 0 Å². The Hall–Kier alpha value is -2.04. The van der Waals surface area contributed by atoms with Crippen molar-refractivity contribution in [1.82, 2.24) is 9.97 Å². The van der Waals surface area contributed by atoms with Crippen LogP contribution in [0.5, 0.6) is 0 Å². The molecule has 0 radical (unpaired) electrons. The summed E-state index contributed by atoms with van der Waals surface area (Å²) in [7, 11) is 0. The zero-order valence-electron chi connectivity index (χ0n) is 8.54. The van der Waals surface area contributed by atoms with Gasteiger partial charge in [-0.1, -0.05) is 0 Å². The molecule has 1 heterocycles. The number of hydrogen-bond acceptors (Lipinski definition) is 3. The van der Waals surface area contributed by atoms with E-state index in [4.69, 9.17) is 5.73 Å². The summed E-state index contributed by atoms with van der Waals surface area (Å²) < 4.78 is 26.0. The Morgan fingerprint density at radius 2 is 1.62 bits per heavy atom. The molecule has 0 bridgehead atoms. The summed E-state index contributed by atoms with van der Waals surface area (Å²) in [6.45, 7) is 1.73. The molecule has 16 heavy (non-hydrogen) atoms. The molecule has 0 unspecified atom stereocenters. The number of halogens is 2.